The quantitative estimate of drug-likeness (QED) is 0.641. The molecule has 4 heteroatoms. The number of halogens is 2. The zero-order valence-corrected chi connectivity index (χ0v) is 14.9. The number of nitrogens with zero attached hydrogens (tertiary/aromatic N) is 2. The van der Waals surface area contributed by atoms with Gasteiger partial charge in [-0.15, -0.1) is 0 Å². The first-order valence-electron chi connectivity index (χ1n) is 9.19. The summed E-state index contributed by atoms with van der Waals surface area (Å²) in [6.07, 6.45) is 3.52. The summed E-state index contributed by atoms with van der Waals surface area (Å²) in [5.74, 6) is -1.13. The van der Waals surface area contributed by atoms with Gasteiger partial charge in [0.1, 0.15) is 11.6 Å². The van der Waals surface area contributed by atoms with Gasteiger partial charge in [0.2, 0.25) is 0 Å². The molecule has 3 aromatic rings. The molecule has 1 fully saturated rings. The van der Waals surface area contributed by atoms with E-state index >= 15 is 0 Å². The van der Waals surface area contributed by atoms with Gasteiger partial charge in [-0.2, -0.15) is 0 Å². The van der Waals surface area contributed by atoms with Crippen molar-refractivity contribution < 1.29 is 8.78 Å². The maximum Gasteiger partial charge on any atom is 0.126 e. The van der Waals surface area contributed by atoms with Crippen LogP contribution in [0.25, 0.3) is 22.0 Å². The second kappa shape index (κ2) is 7.12. The van der Waals surface area contributed by atoms with Gasteiger partial charge in [0.15, 0.2) is 0 Å². The Bertz CT molecular complexity index is 918. The third kappa shape index (κ3) is 3.61. The normalized spacial score (nSPS) is 17.9. The standard InChI is InChI=1S/C22H22F2N2/c1-15-3-2-9-26(15)10-8-21-6-4-17-11-16(5-7-22(17)25-21)18-12-19(23)14-20(24)13-18/h4-7,11-15H,2-3,8-10H2,1H3/t15-/m0/s1. The Balaban J connectivity index is 1.56. The third-order valence-corrected chi connectivity index (χ3v) is 5.29. The summed E-state index contributed by atoms with van der Waals surface area (Å²) in [4.78, 5) is 7.28. The van der Waals surface area contributed by atoms with Crippen molar-refractivity contribution >= 4 is 10.9 Å². The van der Waals surface area contributed by atoms with Crippen LogP contribution in [-0.4, -0.2) is 29.0 Å². The summed E-state index contributed by atoms with van der Waals surface area (Å²) in [5, 5.41) is 0.977. The fourth-order valence-corrected chi connectivity index (χ4v) is 3.79. The second-order valence-electron chi connectivity index (χ2n) is 7.15. The van der Waals surface area contributed by atoms with E-state index < -0.39 is 11.6 Å². The third-order valence-electron chi connectivity index (χ3n) is 5.29. The molecule has 0 unspecified atom stereocenters. The van der Waals surface area contributed by atoms with Crippen LogP contribution in [0.3, 0.4) is 0 Å². The predicted molar refractivity (Wildman–Crippen MR) is 101 cm³/mol. The molecule has 0 saturated carbocycles. The van der Waals surface area contributed by atoms with Gasteiger partial charge in [0.05, 0.1) is 5.52 Å². The van der Waals surface area contributed by atoms with E-state index in [1.54, 1.807) is 0 Å². The largest absolute Gasteiger partial charge is 0.300 e. The number of aromatic nitrogens is 1. The average molecular weight is 352 g/mol. The van der Waals surface area contributed by atoms with E-state index in [1.807, 2.05) is 24.3 Å². The lowest BCUT2D eigenvalue weighted by atomic mass is 10.0. The summed E-state index contributed by atoms with van der Waals surface area (Å²) >= 11 is 0. The Morgan fingerprint density at radius 2 is 1.81 bits per heavy atom. The zero-order chi connectivity index (χ0) is 18.1. The Labute approximate surface area is 152 Å². The number of fused-ring (bicyclic) bond motifs is 1. The van der Waals surface area contributed by atoms with Crippen LogP contribution < -0.4 is 0 Å². The van der Waals surface area contributed by atoms with Crippen molar-refractivity contribution in [2.45, 2.75) is 32.2 Å². The lowest BCUT2D eigenvalue weighted by Crippen LogP contribution is -2.29. The number of pyridine rings is 1. The van der Waals surface area contributed by atoms with E-state index in [-0.39, 0.29) is 0 Å². The van der Waals surface area contributed by atoms with Gasteiger partial charge in [-0.3, -0.25) is 4.98 Å². The first-order chi connectivity index (χ1) is 12.6. The maximum atomic E-state index is 13.5. The Kier molecular flexibility index (Phi) is 4.68. The predicted octanol–water partition coefficient (Wildman–Crippen LogP) is 5.21. The van der Waals surface area contributed by atoms with Crippen molar-refractivity contribution in [2.24, 2.45) is 0 Å². The molecular weight excluding hydrogens is 330 g/mol. The van der Waals surface area contributed by atoms with Gasteiger partial charge >= 0.3 is 0 Å². The van der Waals surface area contributed by atoms with E-state index in [2.05, 4.69) is 17.9 Å². The van der Waals surface area contributed by atoms with Gasteiger partial charge in [0.25, 0.3) is 0 Å². The smallest absolute Gasteiger partial charge is 0.126 e. The van der Waals surface area contributed by atoms with Crippen LogP contribution in [0.5, 0.6) is 0 Å². The van der Waals surface area contributed by atoms with Crippen molar-refractivity contribution in [1.29, 1.82) is 0 Å². The van der Waals surface area contributed by atoms with Crippen LogP contribution in [-0.2, 0) is 6.42 Å². The maximum absolute atomic E-state index is 13.5. The van der Waals surface area contributed by atoms with E-state index in [9.17, 15) is 8.78 Å². The van der Waals surface area contributed by atoms with Crippen LogP contribution in [0.15, 0.2) is 48.5 Å². The Morgan fingerprint density at radius 1 is 1.00 bits per heavy atom. The van der Waals surface area contributed by atoms with E-state index in [4.69, 9.17) is 4.98 Å². The van der Waals surface area contributed by atoms with Gasteiger partial charge < -0.3 is 4.90 Å². The van der Waals surface area contributed by atoms with Crippen molar-refractivity contribution in [2.75, 3.05) is 13.1 Å². The fourth-order valence-electron chi connectivity index (χ4n) is 3.79. The minimum absolute atomic E-state index is 0.538. The highest BCUT2D eigenvalue weighted by Crippen LogP contribution is 2.26. The van der Waals surface area contributed by atoms with Gasteiger partial charge in [-0.25, -0.2) is 8.78 Å². The lowest BCUT2D eigenvalue weighted by Gasteiger charge is -2.20. The second-order valence-corrected chi connectivity index (χ2v) is 7.15. The molecule has 1 aliphatic heterocycles. The molecule has 2 aromatic carbocycles. The highest BCUT2D eigenvalue weighted by atomic mass is 19.1. The Hall–Kier alpha value is -2.33. The van der Waals surface area contributed by atoms with E-state index in [0.29, 0.717) is 11.6 Å². The first kappa shape index (κ1) is 17.1. The van der Waals surface area contributed by atoms with Crippen LogP contribution in [0, 0.1) is 11.6 Å². The lowest BCUT2D eigenvalue weighted by molar-refractivity contribution is 0.271. The summed E-state index contributed by atoms with van der Waals surface area (Å²) in [6, 6.07) is 14.1. The zero-order valence-electron chi connectivity index (χ0n) is 14.9. The summed E-state index contributed by atoms with van der Waals surface area (Å²) in [6.45, 7) is 4.51. The van der Waals surface area contributed by atoms with Gasteiger partial charge in [-0.1, -0.05) is 12.1 Å². The van der Waals surface area contributed by atoms with Crippen LogP contribution >= 0.6 is 0 Å². The van der Waals surface area contributed by atoms with Gasteiger partial charge in [0, 0.05) is 36.2 Å². The Morgan fingerprint density at radius 3 is 2.54 bits per heavy atom. The van der Waals surface area contributed by atoms with Crippen molar-refractivity contribution in [3.05, 3.63) is 65.9 Å². The molecule has 0 radical (unpaired) electrons. The first-order valence-corrected chi connectivity index (χ1v) is 9.19. The number of benzene rings is 2. The minimum atomic E-state index is -0.565. The van der Waals surface area contributed by atoms with Gasteiger partial charge in [-0.05, 0) is 67.8 Å². The molecule has 1 aromatic heterocycles. The van der Waals surface area contributed by atoms with Crippen LogP contribution in [0.1, 0.15) is 25.5 Å². The van der Waals surface area contributed by atoms with Crippen LogP contribution in [0.4, 0.5) is 8.78 Å². The molecule has 2 heterocycles. The highest BCUT2D eigenvalue weighted by molar-refractivity contribution is 5.84. The topological polar surface area (TPSA) is 16.1 Å². The number of rotatable bonds is 4. The molecule has 0 spiro atoms. The van der Waals surface area contributed by atoms with Crippen molar-refractivity contribution in [3.8, 4) is 11.1 Å². The van der Waals surface area contributed by atoms with Crippen molar-refractivity contribution in [3.63, 3.8) is 0 Å². The molecule has 26 heavy (non-hydrogen) atoms. The van der Waals surface area contributed by atoms with E-state index in [1.165, 1.54) is 31.5 Å². The van der Waals surface area contributed by atoms with Crippen molar-refractivity contribution in [1.82, 2.24) is 9.88 Å². The molecule has 1 saturated heterocycles. The molecule has 1 aliphatic rings. The number of likely N-dealkylation sites (tertiary alicyclic amines) is 1. The molecule has 1 atom stereocenters. The fraction of sp³-hybridized carbons (Fsp3) is 0.318. The number of hydrogen-bond acceptors (Lipinski definition) is 2. The minimum Gasteiger partial charge on any atom is -0.300 e. The summed E-state index contributed by atoms with van der Waals surface area (Å²) < 4.78 is 26.9. The molecular formula is C22H22F2N2. The monoisotopic (exact) mass is 352 g/mol. The van der Waals surface area contributed by atoms with Crippen LogP contribution in [0.2, 0.25) is 0 Å². The molecule has 0 bridgehead atoms. The molecule has 4 rings (SSSR count). The molecule has 2 nitrogen and oxygen atoms in total. The molecule has 0 N–H and O–H groups in total. The molecule has 134 valence electrons. The molecule has 0 amide bonds. The molecule has 0 aliphatic carbocycles. The summed E-state index contributed by atoms with van der Waals surface area (Å²) in [5.41, 5.74) is 3.33. The summed E-state index contributed by atoms with van der Waals surface area (Å²) in [7, 11) is 0. The SMILES string of the molecule is C[C@H]1CCCN1CCc1ccc2cc(-c3cc(F)cc(F)c3)ccc2n1. The highest BCUT2D eigenvalue weighted by Gasteiger charge is 2.19. The average Bonchev–Trinajstić information content (AvgIpc) is 3.03. The van der Waals surface area contributed by atoms with E-state index in [0.717, 1.165) is 41.2 Å². The number of hydrogen-bond donors (Lipinski definition) is 0.